The van der Waals surface area contributed by atoms with Gasteiger partial charge in [-0.15, -0.1) is 0 Å². The molecule has 0 aliphatic heterocycles. The Bertz CT molecular complexity index is 89.6. The van der Waals surface area contributed by atoms with E-state index < -0.39 is 0 Å². The molecule has 0 aliphatic rings. The van der Waals surface area contributed by atoms with Crippen LogP contribution in [0.5, 0.6) is 0 Å². The van der Waals surface area contributed by atoms with Gasteiger partial charge in [0.05, 0.1) is 0 Å². The molecule has 0 fully saturated rings. The molecule has 0 bridgehead atoms. The molecule has 2 heteroatoms. The predicted octanol–water partition coefficient (Wildman–Crippen LogP) is 1.71. The third-order valence-electron chi connectivity index (χ3n) is 2.05. The van der Waals surface area contributed by atoms with Gasteiger partial charge in [-0.3, -0.25) is 0 Å². The fourth-order valence-electron chi connectivity index (χ4n) is 1.33. The summed E-state index contributed by atoms with van der Waals surface area (Å²) in [6.45, 7) is 8.51. The van der Waals surface area contributed by atoms with Crippen molar-refractivity contribution < 1.29 is 0 Å². The summed E-state index contributed by atoms with van der Waals surface area (Å²) >= 11 is 0. The highest BCUT2D eigenvalue weighted by molar-refractivity contribution is 4.68. The molecule has 0 aromatic carbocycles. The molecule has 0 saturated heterocycles. The van der Waals surface area contributed by atoms with Crippen LogP contribution in [0.2, 0.25) is 0 Å². The zero-order valence-corrected chi connectivity index (χ0v) is 8.11. The van der Waals surface area contributed by atoms with Crippen LogP contribution in [0.3, 0.4) is 0 Å². The lowest BCUT2D eigenvalue weighted by molar-refractivity contribution is 0.299. The van der Waals surface area contributed by atoms with Crippen LogP contribution in [0.15, 0.2) is 0 Å². The molecule has 0 heterocycles. The van der Waals surface area contributed by atoms with Crippen molar-refractivity contribution in [2.75, 3.05) is 13.2 Å². The fourth-order valence-corrected chi connectivity index (χ4v) is 1.33. The molecule has 11 heavy (non-hydrogen) atoms. The fraction of sp³-hybridized carbons (Fsp3) is 1.00. The maximum Gasteiger partial charge on any atom is 0.0428 e. The third-order valence-corrected chi connectivity index (χ3v) is 2.05. The van der Waals surface area contributed by atoms with E-state index in [4.69, 9.17) is 5.73 Å². The van der Waals surface area contributed by atoms with Gasteiger partial charge in [0.1, 0.15) is 0 Å². The van der Waals surface area contributed by atoms with Gasteiger partial charge in [0.25, 0.3) is 0 Å². The molecule has 0 rings (SSSR count). The van der Waals surface area contributed by atoms with Gasteiger partial charge in [-0.1, -0.05) is 27.2 Å². The quantitative estimate of drug-likeness (QED) is 0.456. The van der Waals surface area contributed by atoms with Gasteiger partial charge in [-0.05, 0) is 24.8 Å². The highest BCUT2D eigenvalue weighted by Gasteiger charge is 2.14. The summed E-state index contributed by atoms with van der Waals surface area (Å²) in [5.74, 6) is 0. The van der Waals surface area contributed by atoms with Crippen molar-refractivity contribution in [3.8, 4) is 0 Å². The second-order valence-corrected chi connectivity index (χ2v) is 3.87. The van der Waals surface area contributed by atoms with Crippen molar-refractivity contribution in [2.45, 2.75) is 40.0 Å². The van der Waals surface area contributed by atoms with E-state index in [9.17, 15) is 0 Å². The van der Waals surface area contributed by atoms with E-state index in [2.05, 4.69) is 26.1 Å². The first-order chi connectivity index (χ1) is 5.12. The number of hydrogen-bond acceptors (Lipinski definition) is 2. The van der Waals surface area contributed by atoms with Crippen molar-refractivity contribution in [1.29, 1.82) is 0 Å². The molecular formula is C9H22N2. The molecular weight excluding hydrogens is 136 g/mol. The maximum absolute atomic E-state index is 5.32. The van der Waals surface area contributed by atoms with Gasteiger partial charge in [-0.2, -0.15) is 0 Å². The zero-order valence-electron chi connectivity index (χ0n) is 8.11. The maximum atomic E-state index is 5.32. The van der Waals surface area contributed by atoms with Crippen LogP contribution in [0.4, 0.5) is 0 Å². The van der Waals surface area contributed by atoms with Crippen LogP contribution >= 0.6 is 0 Å². The Balaban J connectivity index is 3.38. The van der Waals surface area contributed by atoms with Crippen LogP contribution in [-0.2, 0) is 0 Å². The topological polar surface area (TPSA) is 38.0 Å². The largest absolute Gasteiger partial charge is 0.318 e. The first kappa shape index (κ1) is 10.9. The molecule has 0 radical (unpaired) electrons. The normalized spacial score (nSPS) is 12.0. The summed E-state index contributed by atoms with van der Waals surface area (Å²) in [7, 11) is 0. The number of nitrogens with one attached hydrogen (secondary N) is 1. The lowest BCUT2D eigenvalue weighted by Crippen LogP contribution is -2.27. The minimum absolute atomic E-state index is 0.483. The SMILES string of the molecule is CCCC(C)(C)CCNCN. The third kappa shape index (κ3) is 6.32. The van der Waals surface area contributed by atoms with Crippen LogP contribution < -0.4 is 11.1 Å². The van der Waals surface area contributed by atoms with Gasteiger partial charge in [0.15, 0.2) is 0 Å². The molecule has 0 unspecified atom stereocenters. The highest BCUT2D eigenvalue weighted by Crippen LogP contribution is 2.25. The first-order valence-corrected chi connectivity index (χ1v) is 4.53. The predicted molar refractivity (Wildman–Crippen MR) is 50.4 cm³/mol. The van der Waals surface area contributed by atoms with Crippen LogP contribution in [0.25, 0.3) is 0 Å². The van der Waals surface area contributed by atoms with Crippen LogP contribution in [0.1, 0.15) is 40.0 Å². The summed E-state index contributed by atoms with van der Waals surface area (Å²) in [4.78, 5) is 0. The molecule has 0 aromatic rings. The lowest BCUT2D eigenvalue weighted by atomic mass is 9.85. The Labute approximate surface area is 70.5 Å². The van der Waals surface area contributed by atoms with E-state index in [1.807, 2.05) is 0 Å². The number of hydrogen-bond donors (Lipinski definition) is 2. The second kappa shape index (κ2) is 5.56. The van der Waals surface area contributed by atoms with Gasteiger partial charge in [0.2, 0.25) is 0 Å². The Kier molecular flexibility index (Phi) is 5.51. The molecule has 68 valence electrons. The standard InChI is InChI=1S/C9H22N2/c1-4-5-9(2,3)6-7-11-8-10/h11H,4-8,10H2,1-3H3. The van der Waals surface area contributed by atoms with Gasteiger partial charge >= 0.3 is 0 Å². The minimum atomic E-state index is 0.483. The molecule has 3 N–H and O–H groups in total. The van der Waals surface area contributed by atoms with Crippen molar-refractivity contribution in [3.05, 3.63) is 0 Å². The first-order valence-electron chi connectivity index (χ1n) is 4.53. The Morgan fingerprint density at radius 1 is 1.27 bits per heavy atom. The Morgan fingerprint density at radius 2 is 1.91 bits per heavy atom. The molecule has 0 aliphatic carbocycles. The van der Waals surface area contributed by atoms with Crippen molar-refractivity contribution in [2.24, 2.45) is 11.1 Å². The van der Waals surface area contributed by atoms with E-state index >= 15 is 0 Å². The monoisotopic (exact) mass is 158 g/mol. The Hall–Kier alpha value is -0.0800. The summed E-state index contributed by atoms with van der Waals surface area (Å²) in [6.07, 6.45) is 3.80. The molecule has 0 aromatic heterocycles. The molecule has 0 atom stereocenters. The lowest BCUT2D eigenvalue weighted by Gasteiger charge is -2.23. The minimum Gasteiger partial charge on any atom is -0.318 e. The van der Waals surface area contributed by atoms with Gasteiger partial charge in [0, 0.05) is 6.67 Å². The molecule has 0 amide bonds. The smallest absolute Gasteiger partial charge is 0.0428 e. The van der Waals surface area contributed by atoms with E-state index in [-0.39, 0.29) is 0 Å². The van der Waals surface area contributed by atoms with E-state index in [0.29, 0.717) is 12.1 Å². The summed E-state index contributed by atoms with van der Waals surface area (Å²) in [5, 5.41) is 3.14. The molecule has 0 saturated carbocycles. The van der Waals surface area contributed by atoms with Gasteiger partial charge < -0.3 is 11.1 Å². The second-order valence-electron chi connectivity index (χ2n) is 3.87. The summed E-state index contributed by atoms with van der Waals surface area (Å²) in [5.41, 5.74) is 5.80. The van der Waals surface area contributed by atoms with E-state index in [0.717, 1.165) is 6.54 Å². The van der Waals surface area contributed by atoms with E-state index in [1.165, 1.54) is 19.3 Å². The summed E-state index contributed by atoms with van der Waals surface area (Å²) < 4.78 is 0. The number of rotatable bonds is 6. The van der Waals surface area contributed by atoms with Crippen molar-refractivity contribution in [3.63, 3.8) is 0 Å². The average molecular weight is 158 g/mol. The van der Waals surface area contributed by atoms with Crippen molar-refractivity contribution in [1.82, 2.24) is 5.32 Å². The van der Waals surface area contributed by atoms with Crippen LogP contribution in [0, 0.1) is 5.41 Å². The zero-order chi connectivity index (χ0) is 8.74. The molecule has 0 spiro atoms. The van der Waals surface area contributed by atoms with Crippen LogP contribution in [-0.4, -0.2) is 13.2 Å². The average Bonchev–Trinajstić information content (AvgIpc) is 1.87. The molecule has 2 nitrogen and oxygen atoms in total. The highest BCUT2D eigenvalue weighted by atomic mass is 14.9. The van der Waals surface area contributed by atoms with Crippen molar-refractivity contribution >= 4 is 0 Å². The Morgan fingerprint density at radius 3 is 2.36 bits per heavy atom. The summed E-state index contributed by atoms with van der Waals surface area (Å²) in [6, 6.07) is 0. The number of nitrogens with two attached hydrogens (primary N) is 1. The van der Waals surface area contributed by atoms with Gasteiger partial charge in [-0.25, -0.2) is 0 Å². The van der Waals surface area contributed by atoms with E-state index in [1.54, 1.807) is 0 Å².